The van der Waals surface area contributed by atoms with Gasteiger partial charge in [0.1, 0.15) is 5.82 Å². The van der Waals surface area contributed by atoms with Gasteiger partial charge >= 0.3 is 5.97 Å². The Morgan fingerprint density at radius 1 is 1.24 bits per heavy atom. The van der Waals surface area contributed by atoms with Crippen molar-refractivity contribution >= 4 is 12.0 Å². The number of pyridine rings is 1. The molecule has 0 saturated heterocycles. The number of hydrogen-bond acceptors (Lipinski definition) is 4. The minimum atomic E-state index is -1.18. The number of carbonyl (C=O) groups is 1. The first kappa shape index (κ1) is 22.5. The van der Waals surface area contributed by atoms with Crippen LogP contribution in [0.15, 0.2) is 36.4 Å². The van der Waals surface area contributed by atoms with Gasteiger partial charge in [-0.15, -0.1) is 0 Å². The summed E-state index contributed by atoms with van der Waals surface area (Å²) in [7, 11) is 0. The van der Waals surface area contributed by atoms with Crippen molar-refractivity contribution in [3.05, 3.63) is 64.4 Å². The van der Waals surface area contributed by atoms with Crippen molar-refractivity contribution in [1.29, 1.82) is 0 Å². The van der Waals surface area contributed by atoms with E-state index in [9.17, 15) is 24.6 Å². The molecule has 6 nitrogen and oxygen atoms in total. The molecule has 29 heavy (non-hydrogen) atoms. The molecule has 0 radical (unpaired) electrons. The second-order valence-corrected chi connectivity index (χ2v) is 7.37. The zero-order chi connectivity index (χ0) is 21.7. The second-order valence-electron chi connectivity index (χ2n) is 7.37. The SMILES string of the molecule is Cc1cc(-c2ccc(F)cc2)c(/C=C/[C@@H](O)C[C@@H](O)CC(=O)O)c(C(C)C)[n+]1[O-]. The largest absolute Gasteiger partial charge is 0.618 e. The molecular formula is C22H26FNO5. The second kappa shape index (κ2) is 9.62. The molecule has 0 aliphatic heterocycles. The van der Waals surface area contributed by atoms with Crippen molar-refractivity contribution in [3.63, 3.8) is 0 Å². The first-order valence-corrected chi connectivity index (χ1v) is 9.39. The van der Waals surface area contributed by atoms with Gasteiger partial charge in [0, 0.05) is 30.9 Å². The van der Waals surface area contributed by atoms with Crippen LogP contribution in [0, 0.1) is 17.9 Å². The highest BCUT2D eigenvalue weighted by atomic mass is 19.1. The van der Waals surface area contributed by atoms with Crippen LogP contribution >= 0.6 is 0 Å². The minimum absolute atomic E-state index is 0.124. The number of rotatable bonds is 8. The summed E-state index contributed by atoms with van der Waals surface area (Å²) >= 11 is 0. The lowest BCUT2D eigenvalue weighted by Gasteiger charge is -2.17. The quantitative estimate of drug-likeness (QED) is 0.464. The van der Waals surface area contributed by atoms with Gasteiger partial charge in [0.15, 0.2) is 5.69 Å². The van der Waals surface area contributed by atoms with Gasteiger partial charge in [-0.3, -0.25) is 4.79 Å². The Bertz CT molecular complexity index is 893. The molecule has 0 amide bonds. The van der Waals surface area contributed by atoms with Crippen molar-refractivity contribution in [2.24, 2.45) is 0 Å². The standard InChI is InChI=1S/C22H26FNO5/c1-13(2)22-19(9-8-17(25)11-18(26)12-21(27)28)20(10-14(3)24(22)29)15-4-6-16(23)7-5-15/h4-10,13,17-18,25-26H,11-12H2,1-3H3,(H,27,28)/b9-8+/t17-,18-/m1/s1. The number of aryl methyl sites for hydroxylation is 1. The van der Waals surface area contributed by atoms with E-state index in [1.807, 2.05) is 13.8 Å². The van der Waals surface area contributed by atoms with E-state index in [0.717, 1.165) is 10.3 Å². The Morgan fingerprint density at radius 2 is 1.86 bits per heavy atom. The molecule has 1 heterocycles. The average Bonchev–Trinajstić information content (AvgIpc) is 2.61. The first-order chi connectivity index (χ1) is 13.6. The third-order valence-corrected chi connectivity index (χ3v) is 4.57. The summed E-state index contributed by atoms with van der Waals surface area (Å²) < 4.78 is 14.2. The van der Waals surface area contributed by atoms with Crippen molar-refractivity contribution in [2.75, 3.05) is 0 Å². The molecule has 156 valence electrons. The maximum atomic E-state index is 13.4. The topological polar surface area (TPSA) is 105 Å². The highest BCUT2D eigenvalue weighted by molar-refractivity contribution is 5.76. The fraction of sp³-hybridized carbons (Fsp3) is 0.364. The van der Waals surface area contributed by atoms with Crippen LogP contribution in [0.2, 0.25) is 0 Å². The van der Waals surface area contributed by atoms with Crippen LogP contribution in [0.1, 0.15) is 49.6 Å². The van der Waals surface area contributed by atoms with Crippen LogP contribution in [-0.4, -0.2) is 33.5 Å². The number of aliphatic hydroxyl groups is 2. The van der Waals surface area contributed by atoms with Crippen LogP contribution in [-0.2, 0) is 4.79 Å². The lowest BCUT2D eigenvalue weighted by molar-refractivity contribution is -0.622. The molecule has 2 aromatic rings. The molecule has 1 aromatic heterocycles. The van der Waals surface area contributed by atoms with Gasteiger partial charge in [-0.05, 0) is 23.8 Å². The molecule has 0 aliphatic carbocycles. The molecular weight excluding hydrogens is 377 g/mol. The van der Waals surface area contributed by atoms with E-state index in [2.05, 4.69) is 0 Å². The summed E-state index contributed by atoms with van der Waals surface area (Å²) in [5.41, 5.74) is 3.00. The molecule has 0 bridgehead atoms. The highest BCUT2D eigenvalue weighted by Crippen LogP contribution is 2.30. The number of carboxylic acids is 1. The maximum absolute atomic E-state index is 13.4. The minimum Gasteiger partial charge on any atom is -0.618 e. The number of hydrogen-bond donors (Lipinski definition) is 3. The van der Waals surface area contributed by atoms with E-state index < -0.39 is 24.6 Å². The molecule has 0 spiro atoms. The van der Waals surface area contributed by atoms with E-state index in [1.54, 1.807) is 31.2 Å². The van der Waals surface area contributed by atoms with Crippen molar-refractivity contribution in [1.82, 2.24) is 0 Å². The summed E-state index contributed by atoms with van der Waals surface area (Å²) in [5.74, 6) is -1.65. The van der Waals surface area contributed by atoms with E-state index in [1.165, 1.54) is 18.2 Å². The lowest BCUT2D eigenvalue weighted by atomic mass is 9.92. The zero-order valence-corrected chi connectivity index (χ0v) is 16.7. The van der Waals surface area contributed by atoms with Gasteiger partial charge in [-0.1, -0.05) is 32.1 Å². The Kier molecular flexibility index (Phi) is 7.47. The predicted molar refractivity (Wildman–Crippen MR) is 108 cm³/mol. The van der Waals surface area contributed by atoms with Gasteiger partial charge < -0.3 is 20.5 Å². The molecule has 0 saturated carbocycles. The number of benzene rings is 1. The molecule has 0 aliphatic rings. The van der Waals surface area contributed by atoms with Crippen molar-refractivity contribution in [3.8, 4) is 11.1 Å². The number of aliphatic hydroxyl groups excluding tert-OH is 2. The number of nitrogens with zero attached hydrogens (tertiary/aromatic N) is 1. The summed E-state index contributed by atoms with van der Waals surface area (Å²) in [5, 5.41) is 41.3. The van der Waals surface area contributed by atoms with Crippen LogP contribution in [0.5, 0.6) is 0 Å². The van der Waals surface area contributed by atoms with E-state index in [0.29, 0.717) is 22.5 Å². The summed E-state index contributed by atoms with van der Waals surface area (Å²) in [6.07, 6.45) is 0.139. The Hall–Kier alpha value is -2.77. The third-order valence-electron chi connectivity index (χ3n) is 4.57. The van der Waals surface area contributed by atoms with Crippen LogP contribution < -0.4 is 4.73 Å². The number of aromatic nitrogens is 1. The van der Waals surface area contributed by atoms with Crippen LogP contribution in [0.4, 0.5) is 4.39 Å². The summed E-state index contributed by atoms with van der Waals surface area (Å²) in [4.78, 5) is 10.7. The van der Waals surface area contributed by atoms with Crippen LogP contribution in [0.3, 0.4) is 0 Å². The molecule has 2 atom stereocenters. The first-order valence-electron chi connectivity index (χ1n) is 9.39. The Balaban J connectivity index is 2.48. The molecule has 0 unspecified atom stereocenters. The fourth-order valence-electron chi connectivity index (χ4n) is 3.22. The molecule has 0 fully saturated rings. The maximum Gasteiger partial charge on any atom is 0.305 e. The van der Waals surface area contributed by atoms with Crippen LogP contribution in [0.25, 0.3) is 17.2 Å². The number of aliphatic carboxylic acids is 1. The summed E-state index contributed by atoms with van der Waals surface area (Å²) in [6, 6.07) is 7.62. The van der Waals surface area contributed by atoms with E-state index in [-0.39, 0.29) is 18.2 Å². The predicted octanol–water partition coefficient (Wildman–Crippen LogP) is 3.16. The van der Waals surface area contributed by atoms with Crippen molar-refractivity contribution < 1.29 is 29.2 Å². The number of halogens is 1. The third kappa shape index (κ3) is 5.85. The smallest absolute Gasteiger partial charge is 0.305 e. The van der Waals surface area contributed by atoms with Gasteiger partial charge in [-0.2, -0.15) is 4.73 Å². The van der Waals surface area contributed by atoms with Gasteiger partial charge in [0.05, 0.1) is 24.2 Å². The van der Waals surface area contributed by atoms with Gasteiger partial charge in [0.2, 0.25) is 5.69 Å². The monoisotopic (exact) mass is 403 g/mol. The Labute approximate surface area is 169 Å². The Morgan fingerprint density at radius 3 is 2.41 bits per heavy atom. The zero-order valence-electron chi connectivity index (χ0n) is 16.7. The van der Waals surface area contributed by atoms with E-state index in [4.69, 9.17) is 5.11 Å². The molecule has 3 N–H and O–H groups in total. The average molecular weight is 403 g/mol. The fourth-order valence-corrected chi connectivity index (χ4v) is 3.22. The van der Waals surface area contributed by atoms with Gasteiger partial charge in [-0.25, -0.2) is 4.39 Å². The van der Waals surface area contributed by atoms with E-state index >= 15 is 0 Å². The van der Waals surface area contributed by atoms with Crippen molar-refractivity contribution in [2.45, 2.75) is 51.7 Å². The lowest BCUT2D eigenvalue weighted by Crippen LogP contribution is -2.37. The van der Waals surface area contributed by atoms with Gasteiger partial charge in [0.25, 0.3) is 0 Å². The molecule has 7 heteroatoms. The molecule has 2 rings (SSSR count). The molecule has 1 aromatic carbocycles. The number of carboxylic acid groups (broad SMARTS) is 1. The summed E-state index contributed by atoms with van der Waals surface area (Å²) in [6.45, 7) is 5.44. The normalized spacial score (nSPS) is 13.8. The highest BCUT2D eigenvalue weighted by Gasteiger charge is 2.23.